The molecular formula is C18H23FN4O4S. The van der Waals surface area contributed by atoms with Crippen LogP contribution in [0, 0.1) is 5.82 Å². The largest absolute Gasteiger partial charge is 0.330 e. The fraction of sp³-hybridized carbons (Fsp3) is 0.444. The molecule has 1 atom stereocenters. The fourth-order valence-electron chi connectivity index (χ4n) is 3.40. The molecule has 28 heavy (non-hydrogen) atoms. The van der Waals surface area contributed by atoms with Crippen LogP contribution in [0.2, 0.25) is 0 Å². The molecule has 8 nitrogen and oxygen atoms in total. The zero-order valence-corrected chi connectivity index (χ0v) is 16.8. The fourth-order valence-corrected chi connectivity index (χ4v) is 4.97. The smallest absolute Gasteiger partial charge is 0.302 e. The summed E-state index contributed by atoms with van der Waals surface area (Å²) >= 11 is 0. The van der Waals surface area contributed by atoms with Crippen molar-refractivity contribution < 1.29 is 12.8 Å². The molecule has 0 aliphatic carbocycles. The van der Waals surface area contributed by atoms with Gasteiger partial charge in [-0.3, -0.25) is 14.3 Å². The maximum absolute atomic E-state index is 13.5. The summed E-state index contributed by atoms with van der Waals surface area (Å²) in [6, 6.07) is 6.28. The van der Waals surface area contributed by atoms with Crippen LogP contribution in [0.1, 0.15) is 18.5 Å². The molecule has 1 aromatic carbocycles. The second-order valence-corrected chi connectivity index (χ2v) is 8.83. The minimum atomic E-state index is -4.02. The minimum absolute atomic E-state index is 0.0639. The average molecular weight is 410 g/mol. The van der Waals surface area contributed by atoms with Gasteiger partial charge in [0.2, 0.25) is 10.0 Å². The SMILES string of the molecule is C[C@H](c1cccc(F)c1)N1CCN(S(=O)(=O)c2cn(C)c(=O)n(C)c2=O)CC1. The third-order valence-corrected chi connectivity index (χ3v) is 7.07. The molecule has 10 heteroatoms. The van der Waals surface area contributed by atoms with Gasteiger partial charge >= 0.3 is 5.69 Å². The predicted octanol–water partition coefficient (Wildman–Crippen LogP) is 0.291. The van der Waals surface area contributed by atoms with Gasteiger partial charge in [-0.1, -0.05) is 12.1 Å². The molecule has 3 rings (SSSR count). The molecule has 0 radical (unpaired) electrons. The molecule has 1 aliphatic heterocycles. The maximum Gasteiger partial charge on any atom is 0.330 e. The maximum atomic E-state index is 13.5. The van der Waals surface area contributed by atoms with Crippen LogP contribution >= 0.6 is 0 Å². The topological polar surface area (TPSA) is 84.6 Å². The summed E-state index contributed by atoms with van der Waals surface area (Å²) in [4.78, 5) is 25.8. The van der Waals surface area contributed by atoms with Gasteiger partial charge in [0.15, 0.2) is 4.90 Å². The van der Waals surface area contributed by atoms with E-state index in [-0.39, 0.29) is 24.9 Å². The Morgan fingerprint density at radius 2 is 1.71 bits per heavy atom. The predicted molar refractivity (Wildman–Crippen MR) is 102 cm³/mol. The standard InChI is InChI=1S/C18H23FN4O4S/c1-13(14-5-4-6-15(19)11-14)22-7-9-23(10-8-22)28(26,27)16-12-20(2)18(25)21(3)17(16)24/h4-6,11-13H,7-10H2,1-3H3/t13-/m1/s1. The number of benzene rings is 1. The molecule has 0 unspecified atom stereocenters. The molecule has 2 heterocycles. The van der Waals surface area contributed by atoms with Crippen molar-refractivity contribution in [2.24, 2.45) is 14.1 Å². The number of hydrogen-bond donors (Lipinski definition) is 0. The molecule has 2 aromatic rings. The van der Waals surface area contributed by atoms with Gasteiger partial charge in [-0.15, -0.1) is 0 Å². The summed E-state index contributed by atoms with van der Waals surface area (Å²) in [6.07, 6.45) is 1.07. The molecule has 1 aromatic heterocycles. The highest BCUT2D eigenvalue weighted by Gasteiger charge is 2.33. The van der Waals surface area contributed by atoms with E-state index in [1.165, 1.54) is 30.5 Å². The highest BCUT2D eigenvalue weighted by Crippen LogP contribution is 2.23. The molecule has 1 aliphatic rings. The van der Waals surface area contributed by atoms with Crippen molar-refractivity contribution in [3.8, 4) is 0 Å². The number of aryl methyl sites for hydroxylation is 1. The molecule has 0 amide bonds. The molecule has 1 fully saturated rings. The van der Waals surface area contributed by atoms with E-state index < -0.39 is 26.2 Å². The summed E-state index contributed by atoms with van der Waals surface area (Å²) in [5.41, 5.74) is -0.598. The van der Waals surface area contributed by atoms with Crippen LogP contribution in [0.3, 0.4) is 0 Å². The Morgan fingerprint density at radius 3 is 2.32 bits per heavy atom. The Kier molecular flexibility index (Phi) is 5.55. The Bertz CT molecular complexity index is 1100. The van der Waals surface area contributed by atoms with Gasteiger partial charge in [-0.05, 0) is 24.6 Å². The van der Waals surface area contributed by atoms with Crippen molar-refractivity contribution >= 4 is 10.0 Å². The van der Waals surface area contributed by atoms with Crippen LogP contribution in [0.4, 0.5) is 4.39 Å². The third kappa shape index (κ3) is 3.67. The van der Waals surface area contributed by atoms with Crippen molar-refractivity contribution in [1.29, 1.82) is 0 Å². The zero-order valence-electron chi connectivity index (χ0n) is 16.0. The number of halogens is 1. The molecule has 0 spiro atoms. The normalized spacial score (nSPS) is 17.6. The second-order valence-electron chi connectivity index (χ2n) is 6.92. The van der Waals surface area contributed by atoms with Crippen molar-refractivity contribution in [1.82, 2.24) is 18.3 Å². The second kappa shape index (κ2) is 7.61. The van der Waals surface area contributed by atoms with Crippen molar-refractivity contribution in [3.05, 3.63) is 62.7 Å². The molecule has 0 bridgehead atoms. The Balaban J connectivity index is 1.79. The lowest BCUT2D eigenvalue weighted by Crippen LogP contribution is -2.51. The molecule has 1 saturated heterocycles. The summed E-state index contributed by atoms with van der Waals surface area (Å²) < 4.78 is 42.5. The summed E-state index contributed by atoms with van der Waals surface area (Å²) in [6.45, 7) is 3.25. The van der Waals surface area contributed by atoms with Crippen molar-refractivity contribution in [2.75, 3.05) is 26.2 Å². The van der Waals surface area contributed by atoms with Gasteiger partial charge < -0.3 is 4.57 Å². The quantitative estimate of drug-likeness (QED) is 0.724. The van der Waals surface area contributed by atoms with E-state index >= 15 is 0 Å². The third-order valence-electron chi connectivity index (χ3n) is 5.18. The molecule has 0 saturated carbocycles. The minimum Gasteiger partial charge on any atom is -0.302 e. The first-order chi connectivity index (χ1) is 13.1. The average Bonchev–Trinajstić information content (AvgIpc) is 2.68. The van der Waals surface area contributed by atoms with Crippen LogP contribution in [0.5, 0.6) is 0 Å². The first-order valence-corrected chi connectivity index (χ1v) is 10.3. The lowest BCUT2D eigenvalue weighted by molar-refractivity contribution is 0.145. The molecular weight excluding hydrogens is 387 g/mol. The van der Waals surface area contributed by atoms with Gasteiger partial charge in [-0.25, -0.2) is 17.6 Å². The Hall–Kier alpha value is -2.30. The number of rotatable bonds is 4. The lowest BCUT2D eigenvalue weighted by Gasteiger charge is -2.37. The Labute approximate surface area is 162 Å². The van der Waals surface area contributed by atoms with Crippen LogP contribution in [-0.4, -0.2) is 52.9 Å². The number of aromatic nitrogens is 2. The van der Waals surface area contributed by atoms with Crippen LogP contribution in [0.15, 0.2) is 44.9 Å². The van der Waals surface area contributed by atoms with E-state index in [0.717, 1.165) is 20.9 Å². The monoisotopic (exact) mass is 410 g/mol. The van der Waals surface area contributed by atoms with Crippen molar-refractivity contribution in [2.45, 2.75) is 17.9 Å². The van der Waals surface area contributed by atoms with Gasteiger partial charge in [-0.2, -0.15) is 4.31 Å². The van der Waals surface area contributed by atoms with Gasteiger partial charge in [0.1, 0.15) is 5.82 Å². The number of sulfonamides is 1. The zero-order chi connectivity index (χ0) is 20.6. The van der Waals surface area contributed by atoms with E-state index in [2.05, 4.69) is 4.90 Å². The van der Waals surface area contributed by atoms with E-state index in [1.807, 2.05) is 13.0 Å². The first kappa shape index (κ1) is 20.4. The van der Waals surface area contributed by atoms with Crippen LogP contribution < -0.4 is 11.2 Å². The first-order valence-electron chi connectivity index (χ1n) is 8.89. The van der Waals surface area contributed by atoms with E-state index in [4.69, 9.17) is 0 Å². The Morgan fingerprint density at radius 1 is 1.07 bits per heavy atom. The summed E-state index contributed by atoms with van der Waals surface area (Å²) in [5.74, 6) is -0.309. The molecule has 152 valence electrons. The lowest BCUT2D eigenvalue weighted by atomic mass is 10.1. The number of hydrogen-bond acceptors (Lipinski definition) is 5. The van der Waals surface area contributed by atoms with Crippen LogP contribution in [-0.2, 0) is 24.1 Å². The van der Waals surface area contributed by atoms with Crippen LogP contribution in [0.25, 0.3) is 0 Å². The van der Waals surface area contributed by atoms with E-state index in [9.17, 15) is 22.4 Å². The molecule has 0 N–H and O–H groups in total. The van der Waals surface area contributed by atoms with Gasteiger partial charge in [0, 0.05) is 52.5 Å². The summed E-state index contributed by atoms with van der Waals surface area (Å²) in [7, 11) is -1.37. The van der Waals surface area contributed by atoms with Crippen molar-refractivity contribution in [3.63, 3.8) is 0 Å². The number of nitrogens with zero attached hydrogens (tertiary/aromatic N) is 4. The van der Waals surface area contributed by atoms with Gasteiger partial charge in [0.25, 0.3) is 5.56 Å². The van der Waals surface area contributed by atoms with E-state index in [1.54, 1.807) is 6.07 Å². The highest BCUT2D eigenvalue weighted by atomic mass is 32.2. The number of piperazine rings is 1. The van der Waals surface area contributed by atoms with E-state index in [0.29, 0.717) is 13.1 Å². The highest BCUT2D eigenvalue weighted by molar-refractivity contribution is 7.89. The van der Waals surface area contributed by atoms with Gasteiger partial charge in [0.05, 0.1) is 0 Å². The summed E-state index contributed by atoms with van der Waals surface area (Å²) in [5, 5.41) is 0.